The zero-order valence-electron chi connectivity index (χ0n) is 20.4. The fourth-order valence-electron chi connectivity index (χ4n) is 5.92. The van der Waals surface area contributed by atoms with Gasteiger partial charge in [0.1, 0.15) is 5.78 Å². The third-order valence-electron chi connectivity index (χ3n) is 7.79. The summed E-state index contributed by atoms with van der Waals surface area (Å²) in [6, 6.07) is 34.7. The number of Topliss-reactive ketones (excluding diaryl/α,β-unsaturated/α-hetero) is 1. The van der Waals surface area contributed by atoms with Gasteiger partial charge in [0.25, 0.3) is 0 Å². The number of benzene rings is 4. The van der Waals surface area contributed by atoms with Crippen molar-refractivity contribution in [1.29, 1.82) is 0 Å². The molecule has 0 saturated heterocycles. The number of sulfone groups is 2. The van der Waals surface area contributed by atoms with E-state index in [9.17, 15) is 21.6 Å². The van der Waals surface area contributed by atoms with Crippen molar-refractivity contribution in [3.63, 3.8) is 0 Å². The van der Waals surface area contributed by atoms with Crippen LogP contribution in [0.1, 0.15) is 23.0 Å². The molecule has 2 saturated carbocycles. The lowest BCUT2D eigenvalue weighted by Gasteiger charge is -2.05. The van der Waals surface area contributed by atoms with Crippen LogP contribution in [0.4, 0.5) is 0 Å². The molecule has 0 N–H and O–H groups in total. The molecule has 4 aromatic rings. The fourth-order valence-corrected chi connectivity index (χ4v) is 10.2. The van der Waals surface area contributed by atoms with Gasteiger partial charge in [-0.2, -0.15) is 0 Å². The second-order valence-electron chi connectivity index (χ2n) is 9.97. The quantitative estimate of drug-likeness (QED) is 0.310. The van der Waals surface area contributed by atoms with Crippen molar-refractivity contribution in [2.24, 2.45) is 11.8 Å². The lowest BCUT2D eigenvalue weighted by molar-refractivity contribution is -0.121. The van der Waals surface area contributed by atoms with Gasteiger partial charge < -0.3 is 0 Å². The number of ketones is 1. The van der Waals surface area contributed by atoms with Gasteiger partial charge in [-0.3, -0.25) is 4.79 Å². The summed E-state index contributed by atoms with van der Waals surface area (Å²) in [7, 11) is -7.64. The first-order chi connectivity index (χ1) is 18.3. The molecule has 192 valence electrons. The van der Waals surface area contributed by atoms with E-state index in [4.69, 9.17) is 0 Å². The topological polar surface area (TPSA) is 85.3 Å². The molecule has 0 radical (unpaired) electrons. The van der Waals surface area contributed by atoms with Gasteiger partial charge in [0.15, 0.2) is 19.7 Å². The van der Waals surface area contributed by atoms with Gasteiger partial charge in [0.2, 0.25) is 0 Å². The minimum absolute atomic E-state index is 0.171. The van der Waals surface area contributed by atoms with Crippen LogP contribution in [0.3, 0.4) is 0 Å². The number of hydrogen-bond acceptors (Lipinski definition) is 5. The Morgan fingerprint density at radius 2 is 0.737 bits per heavy atom. The largest absolute Gasteiger partial charge is 0.299 e. The summed E-state index contributed by atoms with van der Waals surface area (Å²) in [5.41, 5.74) is 1.55. The Morgan fingerprint density at radius 3 is 1.05 bits per heavy atom. The van der Waals surface area contributed by atoms with E-state index in [1.807, 2.05) is 60.7 Å². The van der Waals surface area contributed by atoms with E-state index in [2.05, 4.69) is 0 Å². The number of carbonyl (C=O) groups is 1. The van der Waals surface area contributed by atoms with Gasteiger partial charge in [-0.05, 0) is 35.4 Å². The van der Waals surface area contributed by atoms with E-state index < -0.39 is 53.8 Å². The van der Waals surface area contributed by atoms with Crippen LogP contribution in [0.25, 0.3) is 0 Å². The highest BCUT2D eigenvalue weighted by Crippen LogP contribution is 2.62. The second kappa shape index (κ2) is 9.33. The number of carbonyl (C=O) groups excluding carboxylic acids is 1. The van der Waals surface area contributed by atoms with Crippen molar-refractivity contribution in [3.8, 4) is 0 Å². The van der Waals surface area contributed by atoms with Crippen LogP contribution in [-0.2, 0) is 24.5 Å². The highest BCUT2D eigenvalue weighted by molar-refractivity contribution is 7.92. The summed E-state index contributed by atoms with van der Waals surface area (Å²) in [5.74, 6) is -2.96. The maximum Gasteiger partial charge on any atom is 0.182 e. The molecular formula is C31H26O5S2. The lowest BCUT2D eigenvalue weighted by atomic mass is 10.0. The molecule has 0 amide bonds. The van der Waals surface area contributed by atoms with Gasteiger partial charge in [-0.1, -0.05) is 97.1 Å². The van der Waals surface area contributed by atoms with Gasteiger partial charge in [-0.15, -0.1) is 0 Å². The van der Waals surface area contributed by atoms with E-state index in [0.29, 0.717) is 0 Å². The van der Waals surface area contributed by atoms with Crippen molar-refractivity contribution in [1.82, 2.24) is 0 Å². The number of hydrogen-bond donors (Lipinski definition) is 0. The second-order valence-corrected chi connectivity index (χ2v) is 14.2. The summed E-state index contributed by atoms with van der Waals surface area (Å²) < 4.78 is 54.9. The zero-order chi connectivity index (χ0) is 26.5. The van der Waals surface area contributed by atoms with Crippen molar-refractivity contribution in [2.75, 3.05) is 0 Å². The van der Waals surface area contributed by atoms with E-state index in [-0.39, 0.29) is 15.6 Å². The van der Waals surface area contributed by atoms with E-state index >= 15 is 0 Å². The number of rotatable bonds is 8. The SMILES string of the molecule is O=C([C@@H]1[C@@H](c2ccccc2)[C@H]1S(=O)(=O)c1ccccc1)[C@H]1[C@H](c2ccccc2)[C@@H]1S(=O)(=O)c1ccccc1. The smallest absolute Gasteiger partial charge is 0.182 e. The molecule has 5 nitrogen and oxygen atoms in total. The standard InChI is InChI=1S/C31H26O5S2/c32-29(27-25(21-13-5-1-6-14-21)30(27)37(33,34)23-17-9-3-10-18-23)28-26(22-15-7-2-8-16-22)31(28)38(35,36)24-19-11-4-12-20-24/h1-20,25-28,30-31H/t25-,26+,27+,28-,30-,31+. The van der Waals surface area contributed by atoms with Crippen LogP contribution in [0, 0.1) is 11.8 Å². The molecule has 6 rings (SSSR count). The Morgan fingerprint density at radius 1 is 0.447 bits per heavy atom. The average Bonchev–Trinajstić information content (AvgIpc) is 3.88. The first-order valence-electron chi connectivity index (χ1n) is 12.5. The predicted molar refractivity (Wildman–Crippen MR) is 145 cm³/mol. The molecule has 0 aliphatic heterocycles. The summed E-state index contributed by atoms with van der Waals surface area (Å²) >= 11 is 0. The molecule has 0 unspecified atom stereocenters. The third kappa shape index (κ3) is 4.10. The van der Waals surface area contributed by atoms with E-state index in [1.54, 1.807) is 60.7 Å². The Bertz CT molecular complexity index is 1540. The monoisotopic (exact) mass is 542 g/mol. The molecule has 7 heteroatoms. The molecule has 4 aromatic carbocycles. The summed E-state index contributed by atoms with van der Waals surface area (Å²) in [6.45, 7) is 0. The molecule has 6 atom stereocenters. The van der Waals surface area contributed by atoms with Crippen molar-refractivity contribution >= 4 is 25.5 Å². The van der Waals surface area contributed by atoms with Gasteiger partial charge in [0.05, 0.1) is 20.3 Å². The van der Waals surface area contributed by atoms with Gasteiger partial charge >= 0.3 is 0 Å². The molecule has 0 bridgehead atoms. The minimum Gasteiger partial charge on any atom is -0.299 e. The molecule has 0 spiro atoms. The Hall–Kier alpha value is -3.55. The first kappa shape index (κ1) is 24.8. The highest BCUT2D eigenvalue weighted by Gasteiger charge is 2.70. The van der Waals surface area contributed by atoms with Crippen molar-refractivity contribution in [2.45, 2.75) is 32.1 Å². The first-order valence-corrected chi connectivity index (χ1v) is 15.6. The minimum atomic E-state index is -3.82. The normalized spacial score (nSPS) is 26.4. The maximum atomic E-state index is 14.2. The van der Waals surface area contributed by atoms with Crippen LogP contribution in [-0.4, -0.2) is 33.1 Å². The molecule has 0 heterocycles. The fraction of sp³-hybridized carbons (Fsp3) is 0.194. The molecule has 0 aromatic heterocycles. The van der Waals surface area contributed by atoms with Crippen molar-refractivity contribution in [3.05, 3.63) is 132 Å². The van der Waals surface area contributed by atoms with Crippen LogP contribution in [0.2, 0.25) is 0 Å². The van der Waals surface area contributed by atoms with Gasteiger partial charge in [-0.25, -0.2) is 16.8 Å². The Balaban J connectivity index is 1.40. The Kier molecular flexibility index (Phi) is 6.08. The average molecular weight is 543 g/mol. The van der Waals surface area contributed by atoms with Crippen LogP contribution >= 0.6 is 0 Å². The highest BCUT2D eigenvalue weighted by atomic mass is 32.2. The van der Waals surface area contributed by atoms with E-state index in [1.165, 1.54) is 0 Å². The molecule has 2 aliphatic carbocycles. The van der Waals surface area contributed by atoms with Crippen molar-refractivity contribution < 1.29 is 21.6 Å². The molecule has 38 heavy (non-hydrogen) atoms. The van der Waals surface area contributed by atoms with Crippen LogP contribution in [0.15, 0.2) is 131 Å². The summed E-state index contributed by atoms with van der Waals surface area (Å²) in [4.78, 5) is 14.5. The summed E-state index contributed by atoms with van der Waals surface area (Å²) in [6.07, 6.45) is 0. The van der Waals surface area contributed by atoms with Crippen LogP contribution in [0.5, 0.6) is 0 Å². The maximum absolute atomic E-state index is 14.2. The summed E-state index contributed by atoms with van der Waals surface area (Å²) in [5, 5.41) is -1.87. The molecular weight excluding hydrogens is 516 g/mol. The molecule has 2 aliphatic rings. The van der Waals surface area contributed by atoms with Crippen LogP contribution < -0.4 is 0 Å². The molecule has 2 fully saturated rings. The predicted octanol–water partition coefficient (Wildman–Crippen LogP) is 5.07. The third-order valence-corrected chi connectivity index (χ3v) is 12.3. The van der Waals surface area contributed by atoms with E-state index in [0.717, 1.165) is 11.1 Å². The Labute approximate surface area is 223 Å². The zero-order valence-corrected chi connectivity index (χ0v) is 22.0. The van der Waals surface area contributed by atoms with Gasteiger partial charge in [0, 0.05) is 23.7 Å². The lowest BCUT2D eigenvalue weighted by Crippen LogP contribution is -2.18.